The fourth-order valence-corrected chi connectivity index (χ4v) is 12.2. The molecule has 0 saturated carbocycles. The van der Waals surface area contributed by atoms with Gasteiger partial charge in [0, 0.05) is 12.8 Å². The van der Waals surface area contributed by atoms with Crippen molar-refractivity contribution in [3.63, 3.8) is 0 Å². The number of aliphatic carboxylic acids is 1. The SMILES string of the molecule is CCCCCCCCCCCCCCCCC(CCCCCCCCCCCC)C(=O)O.CCCCCCCCCCCCCCCCCCCCC(=O)OCCCC.CCCCCCCCCCCCCCCCCCCCCC(=O)OCCCC. The molecule has 0 amide bonds. The molecular weight excluding hydrogens is 1070 g/mol. The van der Waals surface area contributed by atoms with Crippen LogP contribution in [0.5, 0.6) is 0 Å². The molecule has 0 aromatic carbocycles. The number of hydrogen-bond acceptors (Lipinski definition) is 5. The largest absolute Gasteiger partial charge is 0.481 e. The van der Waals surface area contributed by atoms with E-state index in [1.54, 1.807) is 0 Å². The van der Waals surface area contributed by atoms with Crippen molar-refractivity contribution in [2.24, 2.45) is 5.92 Å². The Hall–Kier alpha value is -1.59. The minimum absolute atomic E-state index is 0.0000527. The van der Waals surface area contributed by atoms with E-state index >= 15 is 0 Å². The second kappa shape index (κ2) is 84.4. The highest BCUT2D eigenvalue weighted by molar-refractivity contribution is 5.70. The van der Waals surface area contributed by atoms with E-state index in [-0.39, 0.29) is 17.9 Å². The van der Waals surface area contributed by atoms with Gasteiger partial charge in [-0.2, -0.15) is 0 Å². The Labute approximate surface area is 547 Å². The normalized spacial score (nSPS) is 11.5. The van der Waals surface area contributed by atoms with Gasteiger partial charge >= 0.3 is 17.9 Å². The number of unbranched alkanes of at least 4 members (excludes halogenated alkanes) is 59. The van der Waals surface area contributed by atoms with Gasteiger partial charge in [-0.25, -0.2) is 0 Å². The zero-order chi connectivity index (χ0) is 63.9. The number of carbonyl (C=O) groups is 3. The van der Waals surface area contributed by atoms with Crippen molar-refractivity contribution in [2.75, 3.05) is 13.2 Å². The van der Waals surface area contributed by atoms with Crippen molar-refractivity contribution in [3.05, 3.63) is 0 Å². The minimum Gasteiger partial charge on any atom is -0.481 e. The molecule has 0 aliphatic heterocycles. The standard InChI is InChI=1S/C30H60O2.C26H52O2.C25H50O2/c1-3-5-7-9-11-13-15-16-17-18-20-22-24-26-28-29(30(31)32)27-25-23-21-19-14-12-10-8-6-4-2;1-3-5-7-8-9-10-11-12-13-14-15-16-17-18-19-20-21-22-23-24-26(27)28-25-6-4-2;1-3-5-7-8-9-10-11-12-13-14-15-16-17-18-19-20-21-22-23-25(26)27-24-6-4-2/h29H,3-28H2,1-2H3,(H,31,32);3-25H2,1-2H3;3-24H2,1-2H3. The molecule has 1 N–H and O–H groups in total. The van der Waals surface area contributed by atoms with Gasteiger partial charge in [-0.3, -0.25) is 14.4 Å². The van der Waals surface area contributed by atoms with Gasteiger partial charge in [0.15, 0.2) is 0 Å². The van der Waals surface area contributed by atoms with E-state index in [1.807, 2.05) is 0 Å². The Balaban J connectivity index is -0.00000122. The summed E-state index contributed by atoms with van der Waals surface area (Å²) in [5.41, 5.74) is 0. The lowest BCUT2D eigenvalue weighted by Gasteiger charge is -2.12. The summed E-state index contributed by atoms with van der Waals surface area (Å²) in [5, 5.41) is 9.52. The van der Waals surface area contributed by atoms with Gasteiger partial charge in [0.05, 0.1) is 19.1 Å². The van der Waals surface area contributed by atoms with Crippen LogP contribution < -0.4 is 0 Å². The average molecular weight is 1230 g/mol. The van der Waals surface area contributed by atoms with Crippen LogP contribution in [0.25, 0.3) is 0 Å². The Morgan fingerprint density at radius 1 is 0.218 bits per heavy atom. The Morgan fingerprint density at radius 3 is 0.529 bits per heavy atom. The fraction of sp³-hybridized carbons (Fsp3) is 0.963. The Morgan fingerprint density at radius 2 is 0.368 bits per heavy atom. The molecule has 0 fully saturated rings. The third-order valence-electron chi connectivity index (χ3n) is 18.4. The Bertz CT molecular complexity index is 1250. The van der Waals surface area contributed by atoms with Crippen LogP contribution in [0.4, 0.5) is 0 Å². The molecule has 6 nitrogen and oxygen atoms in total. The number of ether oxygens (including phenoxy) is 2. The highest BCUT2D eigenvalue weighted by Crippen LogP contribution is 2.22. The summed E-state index contributed by atoms with van der Waals surface area (Å²) in [6, 6.07) is 0. The van der Waals surface area contributed by atoms with E-state index in [0.29, 0.717) is 26.1 Å². The molecule has 0 aliphatic carbocycles. The summed E-state index contributed by atoms with van der Waals surface area (Å²) in [6.07, 6.45) is 90.5. The smallest absolute Gasteiger partial charge is 0.306 e. The van der Waals surface area contributed by atoms with E-state index < -0.39 is 5.97 Å². The Kier molecular flexibility index (Phi) is 86.9. The van der Waals surface area contributed by atoms with Gasteiger partial charge in [0.25, 0.3) is 0 Å². The van der Waals surface area contributed by atoms with Gasteiger partial charge in [-0.15, -0.1) is 0 Å². The summed E-state index contributed by atoms with van der Waals surface area (Å²) >= 11 is 0. The molecule has 0 rings (SSSR count). The first-order valence-corrected chi connectivity index (χ1v) is 40.4. The maximum Gasteiger partial charge on any atom is 0.306 e. The topological polar surface area (TPSA) is 89.9 Å². The predicted octanol–water partition coefficient (Wildman–Crippen LogP) is 28.8. The number of carboxylic acids is 1. The molecule has 0 radical (unpaired) electrons. The quantitative estimate of drug-likeness (QED) is 0.0482. The van der Waals surface area contributed by atoms with Crippen molar-refractivity contribution in [1.29, 1.82) is 0 Å². The highest BCUT2D eigenvalue weighted by Gasteiger charge is 2.16. The van der Waals surface area contributed by atoms with Gasteiger partial charge in [0.2, 0.25) is 0 Å². The second-order valence-corrected chi connectivity index (χ2v) is 27.4. The molecule has 0 aromatic rings. The summed E-state index contributed by atoms with van der Waals surface area (Å²) < 4.78 is 10.4. The highest BCUT2D eigenvalue weighted by atomic mass is 16.5. The van der Waals surface area contributed by atoms with Crippen molar-refractivity contribution in [3.8, 4) is 0 Å². The van der Waals surface area contributed by atoms with Crippen molar-refractivity contribution in [1.82, 2.24) is 0 Å². The summed E-state index contributed by atoms with van der Waals surface area (Å²) in [7, 11) is 0. The van der Waals surface area contributed by atoms with Crippen molar-refractivity contribution < 1.29 is 29.0 Å². The first kappa shape index (κ1) is 89.6. The lowest BCUT2D eigenvalue weighted by Crippen LogP contribution is -2.13. The fourth-order valence-electron chi connectivity index (χ4n) is 12.2. The molecule has 0 spiro atoms. The van der Waals surface area contributed by atoms with E-state index in [0.717, 1.165) is 64.2 Å². The van der Waals surface area contributed by atoms with E-state index in [2.05, 4.69) is 41.5 Å². The van der Waals surface area contributed by atoms with E-state index in [9.17, 15) is 19.5 Å². The van der Waals surface area contributed by atoms with Crippen LogP contribution in [-0.2, 0) is 23.9 Å². The van der Waals surface area contributed by atoms with Gasteiger partial charge in [0.1, 0.15) is 0 Å². The molecule has 0 aromatic heterocycles. The van der Waals surface area contributed by atoms with Crippen LogP contribution in [0.15, 0.2) is 0 Å². The minimum atomic E-state index is -0.560. The maximum absolute atomic E-state index is 11.6. The van der Waals surface area contributed by atoms with Gasteiger partial charge in [-0.1, -0.05) is 433 Å². The molecule has 0 aliphatic rings. The molecule has 87 heavy (non-hydrogen) atoms. The number of hydrogen-bond donors (Lipinski definition) is 1. The zero-order valence-corrected chi connectivity index (χ0v) is 60.8. The average Bonchev–Trinajstić information content (AvgIpc) is 3.54. The zero-order valence-electron chi connectivity index (χ0n) is 60.8. The molecule has 0 heterocycles. The van der Waals surface area contributed by atoms with Crippen LogP contribution in [0.2, 0.25) is 0 Å². The molecule has 0 saturated heterocycles. The van der Waals surface area contributed by atoms with E-state index in [1.165, 1.54) is 366 Å². The number of carbonyl (C=O) groups excluding carboxylic acids is 2. The van der Waals surface area contributed by atoms with E-state index in [4.69, 9.17) is 9.47 Å². The van der Waals surface area contributed by atoms with Crippen molar-refractivity contribution in [2.45, 2.75) is 485 Å². The van der Waals surface area contributed by atoms with Crippen LogP contribution in [0.3, 0.4) is 0 Å². The molecule has 0 bridgehead atoms. The van der Waals surface area contributed by atoms with Crippen LogP contribution in [0.1, 0.15) is 485 Å². The van der Waals surface area contributed by atoms with Crippen molar-refractivity contribution >= 4 is 17.9 Å². The third kappa shape index (κ3) is 86.5. The second-order valence-electron chi connectivity index (χ2n) is 27.4. The van der Waals surface area contributed by atoms with Crippen LogP contribution in [0, 0.1) is 5.92 Å². The predicted molar refractivity (Wildman–Crippen MR) is 386 cm³/mol. The first-order valence-electron chi connectivity index (χ1n) is 40.4. The maximum atomic E-state index is 11.6. The lowest BCUT2D eigenvalue weighted by atomic mass is 9.94. The molecule has 6 heteroatoms. The third-order valence-corrected chi connectivity index (χ3v) is 18.4. The van der Waals surface area contributed by atoms with Gasteiger partial charge in [-0.05, 0) is 38.5 Å². The number of esters is 2. The molecular formula is C81H162O6. The molecule has 1 atom stereocenters. The molecule has 522 valence electrons. The summed E-state index contributed by atoms with van der Waals surface area (Å²) in [5.74, 6) is -0.655. The lowest BCUT2D eigenvalue weighted by molar-refractivity contribution is -0.144. The van der Waals surface area contributed by atoms with Gasteiger partial charge < -0.3 is 14.6 Å². The molecule has 1 unspecified atom stereocenters. The van der Waals surface area contributed by atoms with Crippen LogP contribution in [-0.4, -0.2) is 36.2 Å². The van der Waals surface area contributed by atoms with Crippen LogP contribution >= 0.6 is 0 Å². The number of rotatable bonds is 72. The summed E-state index contributed by atoms with van der Waals surface area (Å²) in [4.78, 5) is 34.5. The monoisotopic (exact) mass is 1230 g/mol. The summed E-state index contributed by atoms with van der Waals surface area (Å²) in [6.45, 7) is 14.6. The number of carboxylic acid groups (broad SMARTS) is 1. The first-order chi connectivity index (χ1) is 42.8.